The number of aromatic nitrogens is 4. The van der Waals surface area contributed by atoms with Gasteiger partial charge in [-0.25, -0.2) is 9.97 Å². The van der Waals surface area contributed by atoms with Crippen molar-refractivity contribution >= 4 is 39.0 Å². The number of rotatable bonds is 6. The van der Waals surface area contributed by atoms with Crippen LogP contribution in [0, 0.1) is 12.1 Å². The van der Waals surface area contributed by atoms with E-state index >= 15 is 0 Å². The van der Waals surface area contributed by atoms with Crippen LogP contribution in [-0.2, 0) is 21.1 Å². The van der Waals surface area contributed by atoms with E-state index in [1.807, 2.05) is 78.9 Å². The fourth-order valence-electron chi connectivity index (χ4n) is 4.76. The van der Waals surface area contributed by atoms with Gasteiger partial charge in [0, 0.05) is 48.0 Å². The van der Waals surface area contributed by atoms with Gasteiger partial charge in [0.25, 0.3) is 0 Å². The van der Waals surface area contributed by atoms with Gasteiger partial charge in [0.1, 0.15) is 5.82 Å². The third kappa shape index (κ3) is 4.74. The monoisotopic (exact) mass is 698 g/mol. The molecule has 0 saturated carbocycles. The molecule has 0 saturated heterocycles. The second kappa shape index (κ2) is 11.1. The Hall–Kier alpha value is -4.80. The van der Waals surface area contributed by atoms with Crippen LogP contribution in [0.15, 0.2) is 128 Å². The number of hydrogen-bond donors (Lipinski definition) is 0. The largest absolute Gasteiger partial charge is 2.00 e. The minimum absolute atomic E-state index is 0. The summed E-state index contributed by atoms with van der Waals surface area (Å²) < 4.78 is 8.24. The van der Waals surface area contributed by atoms with Crippen LogP contribution in [0.1, 0.15) is 0 Å². The third-order valence-corrected chi connectivity index (χ3v) is 6.44. The van der Waals surface area contributed by atoms with Crippen molar-refractivity contribution < 1.29 is 25.8 Å². The molecule has 0 aliphatic rings. The summed E-state index contributed by atoms with van der Waals surface area (Å²) in [6, 6.07) is 41.0. The van der Waals surface area contributed by atoms with Gasteiger partial charge in [0.05, 0.1) is 0 Å². The molecule has 0 amide bonds. The average molecular weight is 699 g/mol. The van der Waals surface area contributed by atoms with Crippen molar-refractivity contribution in [3.8, 4) is 17.3 Å². The number of anilines is 3. The first-order chi connectivity index (χ1) is 19.3. The van der Waals surface area contributed by atoms with Crippen molar-refractivity contribution in [3.05, 3.63) is 140 Å². The predicted molar refractivity (Wildman–Crippen MR) is 153 cm³/mol. The van der Waals surface area contributed by atoms with E-state index < -0.39 is 0 Å². The molecule has 7 aromatic rings. The first kappa shape index (κ1) is 25.5. The molecule has 0 N–H and O–H groups in total. The zero-order chi connectivity index (χ0) is 26.0. The summed E-state index contributed by atoms with van der Waals surface area (Å²) in [4.78, 5) is 15.3. The zero-order valence-corrected chi connectivity index (χ0v) is 23.4. The van der Waals surface area contributed by atoms with Gasteiger partial charge in [0.15, 0.2) is 0 Å². The molecular weight excluding hydrogens is 677 g/mol. The first-order valence-corrected chi connectivity index (χ1v) is 12.5. The molecule has 0 aliphatic heterocycles. The molecule has 0 atom stereocenters. The smallest absolute Gasteiger partial charge is 0.460 e. The first-order valence-electron chi connectivity index (χ1n) is 12.5. The van der Waals surface area contributed by atoms with E-state index in [2.05, 4.69) is 60.8 Å². The predicted octanol–water partition coefficient (Wildman–Crippen LogP) is 7.83. The van der Waals surface area contributed by atoms with E-state index in [-0.39, 0.29) is 21.1 Å². The number of nitrogens with zero attached hydrogens (tertiary/aromatic N) is 5. The van der Waals surface area contributed by atoms with Crippen LogP contribution in [0.25, 0.3) is 27.5 Å². The quantitative estimate of drug-likeness (QED) is 0.166. The van der Waals surface area contributed by atoms with Crippen LogP contribution in [0.2, 0.25) is 0 Å². The Balaban J connectivity index is 0.00000289. The number of para-hydroxylation sites is 1. The molecule has 7 rings (SSSR count). The Morgan fingerprint density at radius 1 is 0.625 bits per heavy atom. The summed E-state index contributed by atoms with van der Waals surface area (Å²) in [6.45, 7) is 0. The standard InChI is InChI=1S/C33H21N5O.Pt/c1-2-8-24(9-3-1)37(32-10-4-6-18-35-32)26-12-14-30-28(22-26)29-23-27(39-33-11-5-7-19-36-33)13-15-31(29)38(30)25-16-20-34-21-17-25;/h1-21H;/q-2;+2. The van der Waals surface area contributed by atoms with Crippen molar-refractivity contribution in [3.63, 3.8) is 0 Å². The van der Waals surface area contributed by atoms with E-state index in [0.29, 0.717) is 11.6 Å². The molecular formula is C33H21N5OPt. The van der Waals surface area contributed by atoms with Gasteiger partial charge in [0.2, 0.25) is 5.88 Å². The summed E-state index contributed by atoms with van der Waals surface area (Å²) in [5, 5.41) is 1.81. The molecule has 40 heavy (non-hydrogen) atoms. The molecule has 0 aliphatic carbocycles. The van der Waals surface area contributed by atoms with Crippen molar-refractivity contribution in [1.29, 1.82) is 0 Å². The minimum Gasteiger partial charge on any atom is -0.460 e. The third-order valence-electron chi connectivity index (χ3n) is 6.44. The second-order valence-corrected chi connectivity index (χ2v) is 8.86. The van der Waals surface area contributed by atoms with E-state index in [9.17, 15) is 0 Å². The molecule has 0 unspecified atom stereocenters. The van der Waals surface area contributed by atoms with E-state index in [4.69, 9.17) is 4.74 Å². The molecule has 0 fully saturated rings. The average Bonchev–Trinajstić information content (AvgIpc) is 3.32. The van der Waals surface area contributed by atoms with Crippen molar-refractivity contribution in [2.24, 2.45) is 0 Å². The molecule has 0 radical (unpaired) electrons. The maximum Gasteiger partial charge on any atom is 2.00 e. The summed E-state index contributed by atoms with van der Waals surface area (Å²) >= 11 is 0. The molecule has 4 heterocycles. The molecule has 0 spiro atoms. The van der Waals surface area contributed by atoms with Crippen LogP contribution in [0.3, 0.4) is 0 Å². The number of ether oxygens (including phenoxy) is 1. The summed E-state index contributed by atoms with van der Waals surface area (Å²) in [5.41, 5.74) is 4.85. The second-order valence-electron chi connectivity index (χ2n) is 8.86. The van der Waals surface area contributed by atoms with Crippen LogP contribution in [0.4, 0.5) is 17.2 Å². The van der Waals surface area contributed by atoms with Crippen LogP contribution in [-0.4, -0.2) is 19.5 Å². The molecule has 0 bridgehead atoms. The Morgan fingerprint density at radius 3 is 2.05 bits per heavy atom. The Bertz CT molecular complexity index is 1840. The molecule has 4 aromatic heterocycles. The topological polar surface area (TPSA) is 56.1 Å². The van der Waals surface area contributed by atoms with E-state index in [0.717, 1.165) is 44.7 Å². The van der Waals surface area contributed by atoms with Crippen LogP contribution in [0.5, 0.6) is 11.6 Å². The van der Waals surface area contributed by atoms with Gasteiger partial charge in [-0.05, 0) is 48.2 Å². The molecule has 6 nitrogen and oxygen atoms in total. The summed E-state index contributed by atoms with van der Waals surface area (Å²) in [7, 11) is 0. The SMILES string of the molecule is [Pt+2].[c-]1c(Oc2ccccn2)ccc2c1c1[c-]c(N(c3ccccc3)c3ccccn3)ccc1n2-c1ccncc1. The molecule has 7 heteroatoms. The van der Waals surface area contributed by atoms with Gasteiger partial charge >= 0.3 is 21.1 Å². The Kier molecular flexibility index (Phi) is 7.09. The van der Waals surface area contributed by atoms with Crippen molar-refractivity contribution in [2.75, 3.05) is 4.90 Å². The van der Waals surface area contributed by atoms with Crippen LogP contribution >= 0.6 is 0 Å². The zero-order valence-electron chi connectivity index (χ0n) is 21.1. The number of hydrogen-bond acceptors (Lipinski definition) is 5. The van der Waals surface area contributed by atoms with Crippen molar-refractivity contribution in [1.82, 2.24) is 19.5 Å². The number of pyridine rings is 3. The fourth-order valence-corrected chi connectivity index (χ4v) is 4.76. The Labute approximate surface area is 245 Å². The maximum absolute atomic E-state index is 6.05. The van der Waals surface area contributed by atoms with Crippen LogP contribution < -0.4 is 9.64 Å². The fraction of sp³-hybridized carbons (Fsp3) is 0. The molecule has 194 valence electrons. The van der Waals surface area contributed by atoms with E-state index in [1.54, 1.807) is 24.8 Å². The normalized spacial score (nSPS) is 10.8. The van der Waals surface area contributed by atoms with Gasteiger partial charge in [-0.3, -0.25) is 4.98 Å². The minimum atomic E-state index is 0. The van der Waals surface area contributed by atoms with Gasteiger partial charge < -0.3 is 14.2 Å². The number of fused-ring (bicyclic) bond motifs is 3. The van der Waals surface area contributed by atoms with Gasteiger partial charge in [-0.15, -0.1) is 30.3 Å². The van der Waals surface area contributed by atoms with Crippen molar-refractivity contribution in [2.45, 2.75) is 0 Å². The van der Waals surface area contributed by atoms with E-state index in [1.165, 1.54) is 0 Å². The van der Waals surface area contributed by atoms with Gasteiger partial charge in [-0.2, -0.15) is 16.8 Å². The number of benzene rings is 3. The summed E-state index contributed by atoms with van der Waals surface area (Å²) in [6.07, 6.45) is 7.10. The Morgan fingerprint density at radius 2 is 1.32 bits per heavy atom. The maximum atomic E-state index is 6.05. The molecule has 3 aromatic carbocycles. The summed E-state index contributed by atoms with van der Waals surface area (Å²) in [5.74, 6) is 1.90. The van der Waals surface area contributed by atoms with Gasteiger partial charge in [-0.1, -0.05) is 41.4 Å².